The number of hydrogen-bond donors (Lipinski definition) is 0. The van der Waals surface area contributed by atoms with E-state index in [1.807, 2.05) is 11.8 Å². The van der Waals surface area contributed by atoms with E-state index < -0.39 is 0 Å². The first-order valence-electron chi connectivity index (χ1n) is 28.7. The van der Waals surface area contributed by atoms with Crippen LogP contribution in [0.1, 0.15) is 0 Å². The van der Waals surface area contributed by atoms with Gasteiger partial charge in [-0.1, -0.05) is 205 Å². The van der Waals surface area contributed by atoms with Crippen molar-refractivity contribution >= 4 is 118 Å². The van der Waals surface area contributed by atoms with Gasteiger partial charge in [0.25, 0.3) is 0 Å². The van der Waals surface area contributed by atoms with E-state index in [0.29, 0.717) is 0 Å². The fraction of sp³-hybridized carbons (Fsp3) is 0. The van der Waals surface area contributed by atoms with Gasteiger partial charge in [-0.05, 0) is 164 Å². The molecule has 84 heavy (non-hydrogen) atoms. The van der Waals surface area contributed by atoms with E-state index in [2.05, 4.69) is 295 Å². The van der Waals surface area contributed by atoms with Gasteiger partial charge in [0.05, 0.1) is 11.0 Å². The molecule has 2 aliphatic heterocycles. The molecular weight excluding hydrogens is 1040 g/mol. The van der Waals surface area contributed by atoms with Gasteiger partial charge in [0, 0.05) is 64.9 Å². The lowest BCUT2D eigenvalue weighted by molar-refractivity contribution is 0.668. The summed E-state index contributed by atoms with van der Waals surface area (Å²) in [5, 5.41) is 6.93. The Morgan fingerprint density at radius 2 is 0.726 bits per heavy atom. The van der Waals surface area contributed by atoms with Crippen molar-refractivity contribution in [1.29, 1.82) is 0 Å². The third-order valence-corrected chi connectivity index (χ3v) is 18.8. The highest BCUT2D eigenvalue weighted by molar-refractivity contribution is 8.00. The molecule has 0 aliphatic carbocycles. The van der Waals surface area contributed by atoms with Crippen molar-refractivity contribution in [3.63, 3.8) is 0 Å². The molecule has 0 atom stereocenters. The van der Waals surface area contributed by atoms with E-state index in [1.165, 1.54) is 87.1 Å². The molecule has 13 aromatic carbocycles. The number of anilines is 3. The van der Waals surface area contributed by atoms with Gasteiger partial charge in [0.1, 0.15) is 22.3 Å². The van der Waals surface area contributed by atoms with Crippen molar-refractivity contribution in [3.05, 3.63) is 285 Å². The first-order chi connectivity index (χ1) is 41.6. The molecule has 5 heterocycles. The third-order valence-electron chi connectivity index (χ3n) is 17.7. The van der Waals surface area contributed by atoms with Crippen LogP contribution in [0.5, 0.6) is 0 Å². The number of aromatic nitrogens is 1. The van der Waals surface area contributed by atoms with Gasteiger partial charge < -0.3 is 18.3 Å². The molecule has 0 spiro atoms. The fourth-order valence-electron chi connectivity index (χ4n) is 13.7. The lowest BCUT2D eigenvalue weighted by Gasteiger charge is -2.41. The van der Waals surface area contributed by atoms with Crippen molar-refractivity contribution in [2.24, 2.45) is 0 Å². The minimum absolute atomic E-state index is 0.0512. The van der Waals surface area contributed by atoms with Crippen LogP contribution in [0.2, 0.25) is 0 Å². The van der Waals surface area contributed by atoms with E-state index >= 15 is 0 Å². The number of benzene rings is 13. The zero-order chi connectivity index (χ0) is 55.0. The monoisotopic (exact) mass is 1090 g/mol. The van der Waals surface area contributed by atoms with Crippen molar-refractivity contribution in [1.82, 2.24) is 4.57 Å². The minimum Gasteiger partial charge on any atom is -0.456 e. The van der Waals surface area contributed by atoms with E-state index in [9.17, 15) is 0 Å². The van der Waals surface area contributed by atoms with Crippen LogP contribution in [0, 0.1) is 0 Å². The topological polar surface area (TPSA) is 34.5 Å². The number of fused-ring (bicyclic) bond motifs is 13. The zero-order valence-electron chi connectivity index (χ0n) is 45.3. The lowest BCUT2D eigenvalue weighted by Crippen LogP contribution is -2.59. The van der Waals surface area contributed by atoms with Crippen molar-refractivity contribution in [3.8, 4) is 61.3 Å². The van der Waals surface area contributed by atoms with Crippen molar-refractivity contribution < 1.29 is 8.83 Å². The Labute approximate surface area is 489 Å². The second-order valence-electron chi connectivity index (χ2n) is 22.3. The highest BCUT2D eigenvalue weighted by Gasteiger charge is 2.42. The summed E-state index contributed by atoms with van der Waals surface area (Å²) >= 11 is 1.89. The minimum atomic E-state index is -0.0512. The van der Waals surface area contributed by atoms with Crippen LogP contribution in [0.3, 0.4) is 0 Å². The Kier molecular flexibility index (Phi) is 10.4. The Balaban J connectivity index is 0.830. The Morgan fingerprint density at radius 1 is 0.274 bits per heavy atom. The molecule has 4 nitrogen and oxygen atoms in total. The molecule has 6 heteroatoms. The summed E-state index contributed by atoms with van der Waals surface area (Å²) in [5.74, 6) is 0. The highest BCUT2D eigenvalue weighted by Crippen LogP contribution is 2.47. The Bertz CT molecular complexity index is 5300. The predicted molar refractivity (Wildman–Crippen MR) is 352 cm³/mol. The molecule has 0 fully saturated rings. The number of para-hydroxylation sites is 2. The van der Waals surface area contributed by atoms with E-state index in [4.69, 9.17) is 8.83 Å². The van der Waals surface area contributed by atoms with Crippen LogP contribution in [0.15, 0.2) is 304 Å². The van der Waals surface area contributed by atoms with Gasteiger partial charge >= 0.3 is 0 Å². The summed E-state index contributed by atoms with van der Waals surface area (Å²) in [5.41, 5.74) is 25.9. The maximum absolute atomic E-state index is 6.68. The molecule has 18 rings (SSSR count). The quantitative estimate of drug-likeness (QED) is 0.149. The lowest BCUT2D eigenvalue weighted by atomic mass is 9.34. The highest BCUT2D eigenvalue weighted by atomic mass is 32.2. The van der Waals surface area contributed by atoms with Crippen LogP contribution < -0.4 is 21.3 Å². The number of rotatable bonds is 7. The smallest absolute Gasteiger partial charge is 0.249 e. The second-order valence-corrected chi connectivity index (χ2v) is 23.4. The normalized spacial score (nSPS) is 12.7. The molecule has 0 unspecified atom stereocenters. The molecule has 0 amide bonds. The summed E-state index contributed by atoms with van der Waals surface area (Å²) in [6, 6.07) is 104. The molecular formula is C78H47BN2O2S. The summed E-state index contributed by atoms with van der Waals surface area (Å²) in [7, 11) is 0. The van der Waals surface area contributed by atoms with Gasteiger partial charge in [-0.15, -0.1) is 0 Å². The summed E-state index contributed by atoms with van der Waals surface area (Å²) in [6.45, 7) is -0.0512. The Morgan fingerprint density at radius 3 is 1.31 bits per heavy atom. The first kappa shape index (κ1) is 47.1. The van der Waals surface area contributed by atoms with Gasteiger partial charge in [-0.25, -0.2) is 0 Å². The standard InChI is InChI=1S/C78H47BN2O2S/c1-4-14-48(15-5-1)51-24-32-58(33-25-51)80-70-42-54(55-26-34-62-64-40-52(49-16-6-2-7-17-49)30-38-72(64)82-74(62)43-55)28-36-66(70)79-67-37-29-57(56-27-35-63-65-41-53(50-18-8-3-9-19-50)31-39-73(65)83-75(63)44-56)45-76(67)84-77-47-59(46-71(80)78(77)79)81-68-22-12-10-20-60(68)61-21-11-13-23-69(61)81/h1-47H. The van der Waals surface area contributed by atoms with Crippen molar-refractivity contribution in [2.45, 2.75) is 9.79 Å². The van der Waals surface area contributed by atoms with Gasteiger partial charge in [0.2, 0.25) is 6.71 Å². The summed E-state index contributed by atoms with van der Waals surface area (Å²) in [4.78, 5) is 5.03. The van der Waals surface area contributed by atoms with E-state index in [-0.39, 0.29) is 6.71 Å². The second kappa shape index (κ2) is 18.5. The molecule has 0 saturated heterocycles. The van der Waals surface area contributed by atoms with Gasteiger partial charge in [-0.2, -0.15) is 0 Å². The van der Waals surface area contributed by atoms with Crippen LogP contribution in [0.25, 0.3) is 127 Å². The molecule has 390 valence electrons. The fourth-order valence-corrected chi connectivity index (χ4v) is 14.9. The van der Waals surface area contributed by atoms with Gasteiger partial charge in [0.15, 0.2) is 0 Å². The average Bonchev–Trinajstić information content (AvgIpc) is 3.83. The van der Waals surface area contributed by atoms with Crippen LogP contribution >= 0.6 is 11.8 Å². The molecule has 0 radical (unpaired) electrons. The first-order valence-corrected chi connectivity index (χ1v) is 29.5. The van der Waals surface area contributed by atoms with Crippen LogP contribution in [0.4, 0.5) is 17.1 Å². The molecule has 0 saturated carbocycles. The zero-order valence-corrected chi connectivity index (χ0v) is 46.1. The van der Waals surface area contributed by atoms with Crippen LogP contribution in [-0.4, -0.2) is 11.3 Å². The van der Waals surface area contributed by atoms with E-state index in [0.717, 1.165) is 83.2 Å². The molecule has 2 aliphatic rings. The predicted octanol–water partition coefficient (Wildman–Crippen LogP) is 19.7. The molecule has 0 N–H and O–H groups in total. The SMILES string of the molecule is c1ccc(-c2ccc(N3c4cc(-c5ccc6c(c5)oc5ccc(-c7ccccc7)cc56)ccc4B4c5ccc(-c6ccc7c(c6)oc6ccc(-c8ccccc8)cc67)cc5Sc5cc(-n6c7ccccc7c7ccccc76)cc3c54)cc2)cc1. The molecule has 0 bridgehead atoms. The summed E-state index contributed by atoms with van der Waals surface area (Å²) in [6.07, 6.45) is 0. The number of nitrogens with zero attached hydrogens (tertiary/aromatic N) is 2. The number of hydrogen-bond acceptors (Lipinski definition) is 4. The van der Waals surface area contributed by atoms with Crippen molar-refractivity contribution in [2.75, 3.05) is 4.90 Å². The maximum atomic E-state index is 6.68. The maximum Gasteiger partial charge on any atom is 0.249 e. The Hall–Kier alpha value is -10.5. The number of furan rings is 2. The molecule has 16 aromatic rings. The largest absolute Gasteiger partial charge is 0.456 e. The molecule has 3 aromatic heterocycles. The van der Waals surface area contributed by atoms with E-state index in [1.54, 1.807) is 0 Å². The average molecular weight is 1090 g/mol. The van der Waals surface area contributed by atoms with Gasteiger partial charge in [-0.3, -0.25) is 0 Å². The van der Waals surface area contributed by atoms with Crippen LogP contribution in [-0.2, 0) is 0 Å². The summed E-state index contributed by atoms with van der Waals surface area (Å²) < 4.78 is 15.8. The third kappa shape index (κ3) is 7.37.